The molecule has 2 heterocycles. The van der Waals surface area contributed by atoms with Gasteiger partial charge in [0, 0.05) is 38.3 Å². The average Bonchev–Trinajstić information content (AvgIpc) is 3.24. The molecule has 0 unspecified atom stereocenters. The molecule has 2 aromatic rings. The van der Waals surface area contributed by atoms with Crippen LogP contribution in [0.5, 0.6) is 0 Å². The van der Waals surface area contributed by atoms with E-state index < -0.39 is 0 Å². The van der Waals surface area contributed by atoms with Gasteiger partial charge >= 0.3 is 6.03 Å². The van der Waals surface area contributed by atoms with E-state index in [1.165, 1.54) is 11.3 Å². The molecule has 1 aliphatic heterocycles. The molecule has 2 N–H and O–H groups in total. The van der Waals surface area contributed by atoms with Gasteiger partial charge in [-0.05, 0) is 36.6 Å². The molecular formula is C19H21ClN4O3S. The number of carbonyl (C=O) groups excluding carboxylic acids is 3. The van der Waals surface area contributed by atoms with Crippen LogP contribution in [0.15, 0.2) is 35.7 Å². The number of nitrogens with zero attached hydrogens (tertiary/aromatic N) is 2. The first-order valence-corrected chi connectivity index (χ1v) is 10.2. The molecule has 7 nitrogen and oxygen atoms in total. The Kier molecular flexibility index (Phi) is 6.53. The van der Waals surface area contributed by atoms with Gasteiger partial charge in [0.1, 0.15) is 0 Å². The summed E-state index contributed by atoms with van der Waals surface area (Å²) in [6, 6.07) is 8.23. The predicted molar refractivity (Wildman–Crippen MR) is 110 cm³/mol. The maximum atomic E-state index is 12.8. The highest BCUT2D eigenvalue weighted by molar-refractivity contribution is 7.12. The van der Waals surface area contributed by atoms with Crippen LogP contribution in [0.2, 0.25) is 5.02 Å². The minimum Gasteiger partial charge on any atom is -0.338 e. The van der Waals surface area contributed by atoms with E-state index in [4.69, 9.17) is 11.6 Å². The standard InChI is InChI=1S/C19H21ClN4O3S/c1-2-21-19(27)24-9-7-23(8-10-24)18(26)13-5-6-14(20)15(12-13)22-17(25)16-4-3-11-28-16/h3-6,11-12H,2,7-10H2,1H3,(H,21,27)(H,22,25). The summed E-state index contributed by atoms with van der Waals surface area (Å²) in [6.45, 7) is 4.31. The Hall–Kier alpha value is -2.58. The first-order valence-electron chi connectivity index (χ1n) is 8.96. The van der Waals surface area contributed by atoms with Gasteiger partial charge in [0.2, 0.25) is 0 Å². The lowest BCUT2D eigenvalue weighted by Crippen LogP contribution is -2.53. The lowest BCUT2D eigenvalue weighted by Gasteiger charge is -2.34. The third kappa shape index (κ3) is 4.63. The molecule has 148 valence electrons. The van der Waals surface area contributed by atoms with Crippen LogP contribution in [0.1, 0.15) is 27.0 Å². The van der Waals surface area contributed by atoms with Crippen LogP contribution in [0.4, 0.5) is 10.5 Å². The molecule has 1 aliphatic rings. The number of hydrogen-bond donors (Lipinski definition) is 2. The molecule has 1 saturated heterocycles. The van der Waals surface area contributed by atoms with E-state index in [1.54, 1.807) is 40.1 Å². The second-order valence-corrected chi connectivity index (χ2v) is 7.60. The summed E-state index contributed by atoms with van der Waals surface area (Å²) in [4.78, 5) is 40.9. The Morgan fingerprint density at radius 1 is 1.11 bits per heavy atom. The summed E-state index contributed by atoms with van der Waals surface area (Å²) in [7, 11) is 0. The van der Waals surface area contributed by atoms with E-state index in [2.05, 4.69) is 10.6 Å². The van der Waals surface area contributed by atoms with Gasteiger partial charge in [-0.3, -0.25) is 9.59 Å². The van der Waals surface area contributed by atoms with Crippen LogP contribution in [0.25, 0.3) is 0 Å². The van der Waals surface area contributed by atoms with E-state index in [0.717, 1.165) is 0 Å². The van der Waals surface area contributed by atoms with Gasteiger partial charge in [0.15, 0.2) is 0 Å². The second-order valence-electron chi connectivity index (χ2n) is 6.24. The summed E-state index contributed by atoms with van der Waals surface area (Å²) in [5.74, 6) is -0.420. The van der Waals surface area contributed by atoms with Crippen molar-refractivity contribution in [1.29, 1.82) is 0 Å². The quantitative estimate of drug-likeness (QED) is 0.797. The minimum atomic E-state index is -0.267. The molecule has 3 rings (SSSR count). The Morgan fingerprint density at radius 2 is 1.82 bits per heavy atom. The molecule has 0 bridgehead atoms. The van der Waals surface area contributed by atoms with Crippen molar-refractivity contribution in [2.75, 3.05) is 38.0 Å². The SMILES string of the molecule is CCNC(=O)N1CCN(C(=O)c2ccc(Cl)c(NC(=O)c3cccs3)c2)CC1. The molecule has 1 aromatic carbocycles. The number of nitrogens with one attached hydrogen (secondary N) is 2. The number of benzene rings is 1. The van der Waals surface area contributed by atoms with Crippen molar-refractivity contribution in [3.63, 3.8) is 0 Å². The number of rotatable bonds is 4. The zero-order chi connectivity index (χ0) is 20.1. The van der Waals surface area contributed by atoms with E-state index in [0.29, 0.717) is 53.9 Å². The summed E-state index contributed by atoms with van der Waals surface area (Å²) in [6.07, 6.45) is 0. The molecule has 1 fully saturated rings. The molecule has 0 saturated carbocycles. The van der Waals surface area contributed by atoms with E-state index in [1.807, 2.05) is 12.3 Å². The van der Waals surface area contributed by atoms with Crippen molar-refractivity contribution < 1.29 is 14.4 Å². The highest BCUT2D eigenvalue weighted by Crippen LogP contribution is 2.25. The number of halogens is 1. The molecule has 28 heavy (non-hydrogen) atoms. The fourth-order valence-corrected chi connectivity index (χ4v) is 3.69. The molecule has 0 aliphatic carbocycles. The Balaban J connectivity index is 1.66. The predicted octanol–water partition coefficient (Wildman–Crippen LogP) is 3.14. The number of carbonyl (C=O) groups is 3. The van der Waals surface area contributed by atoms with Crippen LogP contribution in [-0.4, -0.2) is 60.4 Å². The minimum absolute atomic E-state index is 0.111. The third-order valence-electron chi connectivity index (χ3n) is 4.39. The fraction of sp³-hybridized carbons (Fsp3) is 0.316. The summed E-state index contributed by atoms with van der Waals surface area (Å²) < 4.78 is 0. The van der Waals surface area contributed by atoms with Crippen molar-refractivity contribution in [2.24, 2.45) is 0 Å². The smallest absolute Gasteiger partial charge is 0.317 e. The molecular weight excluding hydrogens is 400 g/mol. The van der Waals surface area contributed by atoms with Crippen LogP contribution in [-0.2, 0) is 0 Å². The van der Waals surface area contributed by atoms with Crippen LogP contribution in [0.3, 0.4) is 0 Å². The first-order chi connectivity index (χ1) is 13.5. The summed E-state index contributed by atoms with van der Waals surface area (Å²) >= 11 is 7.52. The van der Waals surface area contributed by atoms with Crippen molar-refractivity contribution in [3.05, 3.63) is 51.2 Å². The second kappa shape index (κ2) is 9.07. The Labute approximate surface area is 172 Å². The monoisotopic (exact) mass is 420 g/mol. The normalized spacial score (nSPS) is 13.9. The van der Waals surface area contributed by atoms with Crippen molar-refractivity contribution >= 4 is 46.5 Å². The van der Waals surface area contributed by atoms with Crippen molar-refractivity contribution in [2.45, 2.75) is 6.92 Å². The number of amides is 4. The van der Waals surface area contributed by atoms with Crippen LogP contribution < -0.4 is 10.6 Å². The molecule has 1 aromatic heterocycles. The number of hydrogen-bond acceptors (Lipinski definition) is 4. The molecule has 0 spiro atoms. The Morgan fingerprint density at radius 3 is 2.46 bits per heavy atom. The maximum Gasteiger partial charge on any atom is 0.317 e. The highest BCUT2D eigenvalue weighted by atomic mass is 35.5. The zero-order valence-electron chi connectivity index (χ0n) is 15.4. The number of thiophene rings is 1. The Bertz CT molecular complexity index is 864. The largest absolute Gasteiger partial charge is 0.338 e. The number of urea groups is 1. The third-order valence-corrected chi connectivity index (χ3v) is 5.59. The van der Waals surface area contributed by atoms with Gasteiger partial charge in [-0.2, -0.15) is 0 Å². The topological polar surface area (TPSA) is 81.8 Å². The molecule has 4 amide bonds. The zero-order valence-corrected chi connectivity index (χ0v) is 17.0. The van der Waals surface area contributed by atoms with Gasteiger partial charge in [-0.15, -0.1) is 11.3 Å². The van der Waals surface area contributed by atoms with Crippen LogP contribution in [0, 0.1) is 0 Å². The fourth-order valence-electron chi connectivity index (χ4n) is 2.90. The average molecular weight is 421 g/mol. The number of piperazine rings is 1. The lowest BCUT2D eigenvalue weighted by atomic mass is 10.1. The summed E-state index contributed by atoms with van der Waals surface area (Å²) in [5, 5.41) is 7.70. The summed E-state index contributed by atoms with van der Waals surface area (Å²) in [5.41, 5.74) is 0.837. The maximum absolute atomic E-state index is 12.8. The lowest BCUT2D eigenvalue weighted by molar-refractivity contribution is 0.0665. The van der Waals surface area contributed by atoms with Gasteiger partial charge in [-0.1, -0.05) is 17.7 Å². The van der Waals surface area contributed by atoms with E-state index in [9.17, 15) is 14.4 Å². The van der Waals surface area contributed by atoms with Gasteiger partial charge < -0.3 is 20.4 Å². The molecule has 9 heteroatoms. The van der Waals surface area contributed by atoms with Gasteiger partial charge in [0.25, 0.3) is 11.8 Å². The number of anilines is 1. The van der Waals surface area contributed by atoms with Gasteiger partial charge in [0.05, 0.1) is 15.6 Å². The molecule has 0 radical (unpaired) electrons. The van der Waals surface area contributed by atoms with E-state index in [-0.39, 0.29) is 17.8 Å². The van der Waals surface area contributed by atoms with Gasteiger partial charge in [-0.25, -0.2) is 4.79 Å². The van der Waals surface area contributed by atoms with Crippen molar-refractivity contribution in [3.8, 4) is 0 Å². The molecule has 0 atom stereocenters. The first kappa shape index (κ1) is 20.2. The van der Waals surface area contributed by atoms with Crippen LogP contribution >= 0.6 is 22.9 Å². The van der Waals surface area contributed by atoms with E-state index >= 15 is 0 Å². The van der Waals surface area contributed by atoms with Crippen molar-refractivity contribution in [1.82, 2.24) is 15.1 Å². The highest BCUT2D eigenvalue weighted by Gasteiger charge is 2.25.